The van der Waals surface area contributed by atoms with Crippen LogP contribution in [0.15, 0.2) is 54.2 Å². The monoisotopic (exact) mass is 354 g/mol. The lowest BCUT2D eigenvalue weighted by Gasteiger charge is -2.14. The van der Waals surface area contributed by atoms with Crippen LogP contribution in [0.4, 0.5) is 5.69 Å². The van der Waals surface area contributed by atoms with E-state index in [4.69, 9.17) is 11.6 Å². The minimum Gasteiger partial charge on any atom is -0.350 e. The smallest absolute Gasteiger partial charge is 0.278 e. The summed E-state index contributed by atoms with van der Waals surface area (Å²) in [5.41, 5.74) is 3.05. The first-order valence-corrected chi connectivity index (χ1v) is 8.59. The minimum atomic E-state index is -0.303. The lowest BCUT2D eigenvalue weighted by Crippen LogP contribution is -2.33. The Morgan fingerprint density at radius 1 is 1.04 bits per heavy atom. The third kappa shape index (κ3) is 3.30. The highest BCUT2D eigenvalue weighted by Crippen LogP contribution is 2.31. The third-order valence-electron chi connectivity index (χ3n) is 4.12. The van der Waals surface area contributed by atoms with E-state index in [0.29, 0.717) is 34.9 Å². The number of imide groups is 1. The van der Waals surface area contributed by atoms with E-state index in [2.05, 4.69) is 5.32 Å². The van der Waals surface area contributed by atoms with Crippen LogP contribution in [0.25, 0.3) is 5.57 Å². The molecule has 2 aromatic carbocycles. The van der Waals surface area contributed by atoms with Crippen molar-refractivity contribution in [3.8, 4) is 0 Å². The highest BCUT2D eigenvalue weighted by Gasteiger charge is 2.38. The van der Waals surface area contributed by atoms with E-state index in [0.717, 1.165) is 11.1 Å². The van der Waals surface area contributed by atoms with Crippen LogP contribution in [0, 0.1) is 6.92 Å². The zero-order valence-electron chi connectivity index (χ0n) is 14.2. The summed E-state index contributed by atoms with van der Waals surface area (Å²) < 4.78 is 0. The van der Waals surface area contributed by atoms with Crippen LogP contribution in [0.1, 0.15) is 24.5 Å². The Morgan fingerprint density at radius 2 is 1.76 bits per heavy atom. The SMILES string of the molecule is CCCN1C(=O)C(Nc2ccc(C)c(Cl)c2)=C(c2ccccc2)C1=O. The molecule has 1 aliphatic heterocycles. The molecule has 128 valence electrons. The molecule has 3 rings (SSSR count). The van der Waals surface area contributed by atoms with E-state index in [1.165, 1.54) is 4.90 Å². The van der Waals surface area contributed by atoms with Gasteiger partial charge in [-0.25, -0.2) is 0 Å². The molecule has 0 unspecified atom stereocenters. The van der Waals surface area contributed by atoms with Crippen molar-refractivity contribution in [2.45, 2.75) is 20.3 Å². The Balaban J connectivity index is 2.06. The van der Waals surface area contributed by atoms with E-state index < -0.39 is 0 Å². The number of amides is 2. The number of nitrogens with one attached hydrogen (secondary N) is 1. The second-order valence-corrected chi connectivity index (χ2v) is 6.37. The number of rotatable bonds is 5. The predicted molar refractivity (Wildman–Crippen MR) is 100 cm³/mol. The number of hydrogen-bond acceptors (Lipinski definition) is 3. The summed E-state index contributed by atoms with van der Waals surface area (Å²) in [6.45, 7) is 4.25. The molecule has 0 aliphatic carbocycles. The first kappa shape index (κ1) is 17.2. The zero-order valence-corrected chi connectivity index (χ0v) is 14.9. The normalized spacial score (nSPS) is 14.4. The fourth-order valence-electron chi connectivity index (χ4n) is 2.81. The second-order valence-electron chi connectivity index (χ2n) is 5.97. The molecule has 0 atom stereocenters. The fraction of sp³-hybridized carbons (Fsp3) is 0.200. The number of anilines is 1. The van der Waals surface area contributed by atoms with Gasteiger partial charge in [-0.1, -0.05) is 54.9 Å². The van der Waals surface area contributed by atoms with Gasteiger partial charge in [0.25, 0.3) is 11.8 Å². The van der Waals surface area contributed by atoms with E-state index >= 15 is 0 Å². The number of aryl methyl sites for hydroxylation is 1. The predicted octanol–water partition coefficient (Wildman–Crippen LogP) is 4.25. The Labute approximate surface area is 152 Å². The van der Waals surface area contributed by atoms with Gasteiger partial charge in [0.2, 0.25) is 0 Å². The van der Waals surface area contributed by atoms with Crippen molar-refractivity contribution in [1.29, 1.82) is 0 Å². The molecule has 0 aromatic heterocycles. The first-order valence-electron chi connectivity index (χ1n) is 8.22. The van der Waals surface area contributed by atoms with Crippen molar-refractivity contribution >= 4 is 34.7 Å². The number of nitrogens with zero attached hydrogens (tertiary/aromatic N) is 1. The van der Waals surface area contributed by atoms with Crippen molar-refractivity contribution in [2.24, 2.45) is 0 Å². The van der Waals surface area contributed by atoms with Crippen molar-refractivity contribution in [2.75, 3.05) is 11.9 Å². The first-order chi connectivity index (χ1) is 12.0. The van der Waals surface area contributed by atoms with Gasteiger partial charge in [-0.3, -0.25) is 14.5 Å². The van der Waals surface area contributed by atoms with Crippen LogP contribution < -0.4 is 5.32 Å². The molecule has 0 saturated carbocycles. The molecular weight excluding hydrogens is 336 g/mol. The molecule has 2 aromatic rings. The van der Waals surface area contributed by atoms with Gasteiger partial charge in [0.1, 0.15) is 5.70 Å². The Morgan fingerprint density at radius 3 is 2.40 bits per heavy atom. The molecule has 0 spiro atoms. The van der Waals surface area contributed by atoms with Gasteiger partial charge in [-0.05, 0) is 36.6 Å². The van der Waals surface area contributed by atoms with Gasteiger partial charge in [-0.2, -0.15) is 0 Å². The van der Waals surface area contributed by atoms with Crippen molar-refractivity contribution < 1.29 is 9.59 Å². The lowest BCUT2D eigenvalue weighted by molar-refractivity contribution is -0.136. The van der Waals surface area contributed by atoms with Crippen LogP contribution in [0.3, 0.4) is 0 Å². The summed E-state index contributed by atoms with van der Waals surface area (Å²) in [6.07, 6.45) is 0.711. The summed E-state index contributed by atoms with van der Waals surface area (Å²) in [5.74, 6) is -0.568. The quantitative estimate of drug-likeness (QED) is 0.816. The van der Waals surface area contributed by atoms with Gasteiger partial charge in [0, 0.05) is 17.3 Å². The summed E-state index contributed by atoms with van der Waals surface area (Å²) in [5, 5.41) is 3.71. The maximum atomic E-state index is 12.8. The molecule has 0 radical (unpaired) electrons. The van der Waals surface area contributed by atoms with Crippen molar-refractivity contribution in [1.82, 2.24) is 4.90 Å². The van der Waals surface area contributed by atoms with Gasteiger partial charge in [0.15, 0.2) is 0 Å². The van der Waals surface area contributed by atoms with E-state index in [-0.39, 0.29) is 11.8 Å². The van der Waals surface area contributed by atoms with E-state index in [1.807, 2.05) is 56.3 Å². The number of halogens is 1. The highest BCUT2D eigenvalue weighted by atomic mass is 35.5. The number of hydrogen-bond donors (Lipinski definition) is 1. The van der Waals surface area contributed by atoms with Crippen molar-refractivity contribution in [3.63, 3.8) is 0 Å². The highest BCUT2D eigenvalue weighted by molar-refractivity contribution is 6.36. The Bertz CT molecular complexity index is 859. The molecule has 0 saturated heterocycles. The van der Waals surface area contributed by atoms with E-state index in [1.54, 1.807) is 6.07 Å². The summed E-state index contributed by atoms with van der Waals surface area (Å²) >= 11 is 6.18. The average molecular weight is 355 g/mol. The molecule has 25 heavy (non-hydrogen) atoms. The molecule has 0 bridgehead atoms. The van der Waals surface area contributed by atoms with Crippen LogP contribution in [0.5, 0.6) is 0 Å². The van der Waals surface area contributed by atoms with Crippen LogP contribution in [-0.2, 0) is 9.59 Å². The third-order valence-corrected chi connectivity index (χ3v) is 4.53. The largest absolute Gasteiger partial charge is 0.350 e. The number of benzene rings is 2. The lowest BCUT2D eigenvalue weighted by atomic mass is 10.0. The minimum absolute atomic E-state index is 0.265. The fourth-order valence-corrected chi connectivity index (χ4v) is 2.99. The summed E-state index contributed by atoms with van der Waals surface area (Å²) in [7, 11) is 0. The topological polar surface area (TPSA) is 49.4 Å². The van der Waals surface area contributed by atoms with Gasteiger partial charge in [-0.15, -0.1) is 0 Å². The van der Waals surface area contributed by atoms with Gasteiger partial charge < -0.3 is 5.32 Å². The molecule has 1 heterocycles. The van der Waals surface area contributed by atoms with Crippen LogP contribution >= 0.6 is 11.6 Å². The maximum absolute atomic E-state index is 12.8. The van der Waals surface area contributed by atoms with Gasteiger partial charge >= 0.3 is 0 Å². The zero-order chi connectivity index (χ0) is 18.0. The standard InChI is InChI=1S/C20H19ClN2O2/c1-3-11-23-19(24)17(14-7-5-4-6-8-14)18(20(23)25)22-15-10-9-13(2)16(21)12-15/h4-10,12,22H,3,11H2,1-2H3. The van der Waals surface area contributed by atoms with Crippen LogP contribution in [-0.4, -0.2) is 23.3 Å². The van der Waals surface area contributed by atoms with E-state index in [9.17, 15) is 9.59 Å². The van der Waals surface area contributed by atoms with Crippen molar-refractivity contribution in [3.05, 3.63) is 70.4 Å². The molecule has 4 nitrogen and oxygen atoms in total. The molecule has 1 N–H and O–H groups in total. The molecule has 5 heteroatoms. The number of carbonyl (C=O) groups is 2. The Hall–Kier alpha value is -2.59. The van der Waals surface area contributed by atoms with Gasteiger partial charge in [0.05, 0.1) is 5.57 Å². The molecule has 2 amide bonds. The molecule has 1 aliphatic rings. The van der Waals surface area contributed by atoms with Crippen LogP contribution in [0.2, 0.25) is 5.02 Å². The summed E-state index contributed by atoms with van der Waals surface area (Å²) in [6, 6.07) is 14.7. The average Bonchev–Trinajstić information content (AvgIpc) is 2.84. The maximum Gasteiger partial charge on any atom is 0.278 e. The summed E-state index contributed by atoms with van der Waals surface area (Å²) in [4.78, 5) is 26.9. The molecular formula is C20H19ClN2O2. The number of carbonyl (C=O) groups excluding carboxylic acids is 2. The Kier molecular flexibility index (Phi) is 4.91. The molecule has 0 fully saturated rings. The second kappa shape index (κ2) is 7.11.